The predicted molar refractivity (Wildman–Crippen MR) is 56.1 cm³/mol. The lowest BCUT2D eigenvalue weighted by Crippen LogP contribution is -1.99. The van der Waals surface area contributed by atoms with Crippen LogP contribution in [0.2, 0.25) is 0 Å². The molecule has 2 N–H and O–H groups in total. The van der Waals surface area contributed by atoms with Gasteiger partial charge in [0, 0.05) is 5.03 Å². The molecule has 0 fully saturated rings. The van der Waals surface area contributed by atoms with E-state index < -0.39 is 0 Å². The third-order valence-electron chi connectivity index (χ3n) is 1.55. The Bertz CT molecular complexity index is 323. The standard InChI is InChI=1S/C10H12ClNO/c1-7-3-4-9(12)10(5-7)13-6-8(2)11/h3-5H,2,6,12H2,1H3. The smallest absolute Gasteiger partial charge is 0.143 e. The van der Waals surface area contributed by atoms with Crippen LogP contribution in [-0.4, -0.2) is 6.61 Å². The van der Waals surface area contributed by atoms with Gasteiger partial charge in [-0.1, -0.05) is 24.2 Å². The highest BCUT2D eigenvalue weighted by Crippen LogP contribution is 2.22. The van der Waals surface area contributed by atoms with E-state index in [2.05, 4.69) is 6.58 Å². The molecule has 0 heterocycles. The monoisotopic (exact) mass is 197 g/mol. The van der Waals surface area contributed by atoms with E-state index >= 15 is 0 Å². The summed E-state index contributed by atoms with van der Waals surface area (Å²) in [4.78, 5) is 0. The first-order valence-corrected chi connectivity index (χ1v) is 4.29. The van der Waals surface area contributed by atoms with Crippen molar-refractivity contribution >= 4 is 17.3 Å². The number of nitrogens with two attached hydrogens (primary N) is 1. The van der Waals surface area contributed by atoms with Crippen LogP contribution in [0.5, 0.6) is 5.75 Å². The molecule has 0 radical (unpaired) electrons. The average molecular weight is 198 g/mol. The number of hydrogen-bond acceptors (Lipinski definition) is 2. The number of ether oxygens (including phenoxy) is 1. The SMILES string of the molecule is C=C(Cl)COc1cc(C)ccc1N. The minimum absolute atomic E-state index is 0.287. The maximum atomic E-state index is 5.68. The second-order valence-electron chi connectivity index (χ2n) is 2.85. The maximum Gasteiger partial charge on any atom is 0.143 e. The number of hydrogen-bond donors (Lipinski definition) is 1. The van der Waals surface area contributed by atoms with Crippen LogP contribution < -0.4 is 10.5 Å². The van der Waals surface area contributed by atoms with Crippen LogP contribution in [0, 0.1) is 6.92 Å². The van der Waals surface area contributed by atoms with Crippen molar-refractivity contribution in [2.45, 2.75) is 6.92 Å². The predicted octanol–water partition coefficient (Wildman–Crippen LogP) is 2.71. The minimum atomic E-state index is 0.287. The number of nitrogen functional groups attached to an aromatic ring is 1. The van der Waals surface area contributed by atoms with Gasteiger partial charge >= 0.3 is 0 Å². The lowest BCUT2D eigenvalue weighted by atomic mass is 10.2. The van der Waals surface area contributed by atoms with E-state index in [4.69, 9.17) is 22.1 Å². The van der Waals surface area contributed by atoms with Crippen molar-refractivity contribution in [2.24, 2.45) is 0 Å². The van der Waals surface area contributed by atoms with Gasteiger partial charge in [-0.25, -0.2) is 0 Å². The molecule has 0 atom stereocenters. The van der Waals surface area contributed by atoms with Gasteiger partial charge in [0.25, 0.3) is 0 Å². The molecule has 1 rings (SSSR count). The molecule has 0 aliphatic heterocycles. The van der Waals surface area contributed by atoms with E-state index in [0.717, 1.165) is 5.56 Å². The Kier molecular flexibility index (Phi) is 3.20. The molecule has 1 aromatic carbocycles. The van der Waals surface area contributed by atoms with E-state index in [0.29, 0.717) is 16.5 Å². The molecular weight excluding hydrogens is 186 g/mol. The summed E-state index contributed by atoms with van der Waals surface area (Å²) in [5.74, 6) is 0.654. The van der Waals surface area contributed by atoms with Crippen LogP contribution in [0.15, 0.2) is 29.8 Å². The number of benzene rings is 1. The van der Waals surface area contributed by atoms with Gasteiger partial charge in [-0.15, -0.1) is 0 Å². The Morgan fingerprint density at radius 2 is 2.31 bits per heavy atom. The first-order valence-electron chi connectivity index (χ1n) is 3.92. The summed E-state index contributed by atoms with van der Waals surface area (Å²) in [5, 5.41) is 0.459. The first kappa shape index (κ1) is 9.93. The van der Waals surface area contributed by atoms with Crippen molar-refractivity contribution in [1.82, 2.24) is 0 Å². The third-order valence-corrected chi connectivity index (χ3v) is 1.66. The topological polar surface area (TPSA) is 35.2 Å². The van der Waals surface area contributed by atoms with Crippen LogP contribution in [-0.2, 0) is 0 Å². The fourth-order valence-corrected chi connectivity index (χ4v) is 0.977. The Labute approximate surface area is 83.0 Å². The highest BCUT2D eigenvalue weighted by Gasteiger charge is 2.00. The number of anilines is 1. The van der Waals surface area contributed by atoms with Gasteiger partial charge in [0.1, 0.15) is 12.4 Å². The van der Waals surface area contributed by atoms with Gasteiger partial charge in [0.05, 0.1) is 5.69 Å². The summed E-state index contributed by atoms with van der Waals surface area (Å²) >= 11 is 5.56. The third kappa shape index (κ3) is 2.99. The fourth-order valence-electron chi connectivity index (χ4n) is 0.923. The van der Waals surface area contributed by atoms with Crippen molar-refractivity contribution in [3.63, 3.8) is 0 Å². The molecule has 2 nitrogen and oxygen atoms in total. The van der Waals surface area contributed by atoms with Crippen LogP contribution in [0.3, 0.4) is 0 Å². The highest BCUT2D eigenvalue weighted by molar-refractivity contribution is 6.29. The summed E-state index contributed by atoms with van der Waals surface area (Å²) in [7, 11) is 0. The van der Waals surface area contributed by atoms with Crippen molar-refractivity contribution in [3.05, 3.63) is 35.4 Å². The van der Waals surface area contributed by atoms with E-state index in [1.54, 1.807) is 0 Å². The molecule has 70 valence electrons. The second kappa shape index (κ2) is 4.19. The quantitative estimate of drug-likeness (QED) is 0.757. The molecule has 0 saturated heterocycles. The molecular formula is C10H12ClNO. The molecule has 0 aliphatic rings. The lowest BCUT2D eigenvalue weighted by molar-refractivity contribution is 0.361. The van der Waals surface area contributed by atoms with Crippen LogP contribution in [0.1, 0.15) is 5.56 Å². The zero-order valence-corrected chi connectivity index (χ0v) is 8.27. The van der Waals surface area contributed by atoms with Crippen LogP contribution in [0.4, 0.5) is 5.69 Å². The largest absolute Gasteiger partial charge is 0.486 e. The molecule has 1 aromatic rings. The Hall–Kier alpha value is -1.15. The second-order valence-corrected chi connectivity index (χ2v) is 3.38. The normalized spacial score (nSPS) is 9.69. The summed E-state index contributed by atoms with van der Waals surface area (Å²) < 4.78 is 5.32. The first-order chi connectivity index (χ1) is 6.09. The van der Waals surface area contributed by atoms with Crippen molar-refractivity contribution in [2.75, 3.05) is 12.3 Å². The molecule has 0 unspecified atom stereocenters. The average Bonchev–Trinajstić information content (AvgIpc) is 2.06. The molecule has 0 saturated carbocycles. The van der Waals surface area contributed by atoms with Gasteiger partial charge in [0.15, 0.2) is 0 Å². The van der Waals surface area contributed by atoms with Gasteiger partial charge in [-0.2, -0.15) is 0 Å². The summed E-state index contributed by atoms with van der Waals surface area (Å²) in [6.07, 6.45) is 0. The molecule has 0 bridgehead atoms. The molecule has 13 heavy (non-hydrogen) atoms. The van der Waals surface area contributed by atoms with Gasteiger partial charge < -0.3 is 10.5 Å². The van der Waals surface area contributed by atoms with Gasteiger partial charge in [0.2, 0.25) is 0 Å². The molecule has 3 heteroatoms. The minimum Gasteiger partial charge on any atom is -0.486 e. The zero-order valence-electron chi connectivity index (χ0n) is 7.51. The highest BCUT2D eigenvalue weighted by atomic mass is 35.5. The van der Waals surface area contributed by atoms with E-state index in [1.807, 2.05) is 25.1 Å². The van der Waals surface area contributed by atoms with Gasteiger partial charge in [-0.05, 0) is 24.6 Å². The number of rotatable bonds is 3. The zero-order chi connectivity index (χ0) is 9.84. The van der Waals surface area contributed by atoms with Crippen molar-refractivity contribution < 1.29 is 4.74 Å². The molecule has 0 aliphatic carbocycles. The van der Waals surface area contributed by atoms with E-state index in [9.17, 15) is 0 Å². The van der Waals surface area contributed by atoms with Crippen molar-refractivity contribution in [1.29, 1.82) is 0 Å². The molecule has 0 amide bonds. The van der Waals surface area contributed by atoms with Crippen molar-refractivity contribution in [3.8, 4) is 5.75 Å². The number of aryl methyl sites for hydroxylation is 1. The fraction of sp³-hybridized carbons (Fsp3) is 0.200. The lowest BCUT2D eigenvalue weighted by Gasteiger charge is -2.08. The van der Waals surface area contributed by atoms with Crippen LogP contribution >= 0.6 is 11.6 Å². The molecule has 0 aromatic heterocycles. The molecule has 0 spiro atoms. The Morgan fingerprint density at radius 1 is 1.62 bits per heavy atom. The van der Waals surface area contributed by atoms with E-state index in [1.165, 1.54) is 0 Å². The maximum absolute atomic E-state index is 5.68. The van der Waals surface area contributed by atoms with Crippen LogP contribution in [0.25, 0.3) is 0 Å². The van der Waals surface area contributed by atoms with E-state index in [-0.39, 0.29) is 6.61 Å². The summed E-state index contributed by atoms with van der Waals surface area (Å²) in [6, 6.07) is 5.61. The Morgan fingerprint density at radius 3 is 2.92 bits per heavy atom. The Balaban J connectivity index is 2.75. The summed E-state index contributed by atoms with van der Waals surface area (Å²) in [5.41, 5.74) is 7.39. The summed E-state index contributed by atoms with van der Waals surface area (Å²) in [6.45, 7) is 5.78. The van der Waals surface area contributed by atoms with Gasteiger partial charge in [-0.3, -0.25) is 0 Å². The number of halogens is 1.